The minimum absolute atomic E-state index is 0.191. The first-order valence-corrected chi connectivity index (χ1v) is 5.76. The van der Waals surface area contributed by atoms with Gasteiger partial charge < -0.3 is 10.5 Å². The summed E-state index contributed by atoms with van der Waals surface area (Å²) >= 11 is 0. The van der Waals surface area contributed by atoms with E-state index in [1.807, 2.05) is 6.07 Å². The van der Waals surface area contributed by atoms with Gasteiger partial charge in [-0.25, -0.2) is 0 Å². The number of hydrogen-bond donors (Lipinski definition) is 1. The van der Waals surface area contributed by atoms with Crippen molar-refractivity contribution in [2.24, 2.45) is 11.7 Å². The lowest BCUT2D eigenvalue weighted by Crippen LogP contribution is -2.12. The first kappa shape index (κ1) is 10.7. The molecule has 15 heavy (non-hydrogen) atoms. The highest BCUT2D eigenvalue weighted by Crippen LogP contribution is 2.31. The fourth-order valence-corrected chi connectivity index (χ4v) is 1.70. The van der Waals surface area contributed by atoms with Crippen molar-refractivity contribution in [2.75, 3.05) is 13.2 Å². The molecule has 1 aromatic rings. The second kappa shape index (κ2) is 5.29. The van der Waals surface area contributed by atoms with E-state index in [4.69, 9.17) is 10.5 Å². The largest absolute Gasteiger partial charge is 0.373 e. The van der Waals surface area contributed by atoms with E-state index in [1.165, 1.54) is 18.4 Å². The molecule has 0 bridgehead atoms. The summed E-state index contributed by atoms with van der Waals surface area (Å²) in [6.45, 7) is 1.59. The third-order valence-corrected chi connectivity index (χ3v) is 2.83. The molecule has 0 amide bonds. The van der Waals surface area contributed by atoms with Crippen molar-refractivity contribution < 1.29 is 4.74 Å². The van der Waals surface area contributed by atoms with E-state index in [9.17, 15) is 0 Å². The van der Waals surface area contributed by atoms with Gasteiger partial charge in [-0.1, -0.05) is 30.3 Å². The van der Waals surface area contributed by atoms with Gasteiger partial charge >= 0.3 is 0 Å². The minimum Gasteiger partial charge on any atom is -0.373 e. The molecule has 0 radical (unpaired) electrons. The van der Waals surface area contributed by atoms with E-state index in [1.54, 1.807) is 0 Å². The maximum atomic E-state index is 5.91. The Balaban J connectivity index is 1.91. The van der Waals surface area contributed by atoms with Crippen molar-refractivity contribution in [1.29, 1.82) is 0 Å². The second-order valence-corrected chi connectivity index (χ2v) is 4.25. The summed E-state index contributed by atoms with van der Waals surface area (Å²) in [7, 11) is 0. The van der Waals surface area contributed by atoms with E-state index >= 15 is 0 Å². The zero-order valence-corrected chi connectivity index (χ0v) is 9.06. The van der Waals surface area contributed by atoms with Gasteiger partial charge in [0, 0.05) is 0 Å². The van der Waals surface area contributed by atoms with Gasteiger partial charge in [-0.05, 0) is 37.3 Å². The van der Waals surface area contributed by atoms with Crippen molar-refractivity contribution in [3.05, 3.63) is 35.9 Å². The van der Waals surface area contributed by atoms with Crippen LogP contribution >= 0.6 is 0 Å². The average molecular weight is 205 g/mol. The Bertz CT molecular complexity index is 282. The monoisotopic (exact) mass is 205 g/mol. The van der Waals surface area contributed by atoms with Crippen LogP contribution in [0.1, 0.15) is 30.9 Å². The van der Waals surface area contributed by atoms with Crippen LogP contribution in [0.5, 0.6) is 0 Å². The molecule has 2 heteroatoms. The third-order valence-electron chi connectivity index (χ3n) is 2.83. The normalized spacial score (nSPS) is 17.7. The van der Waals surface area contributed by atoms with Gasteiger partial charge in [0.2, 0.25) is 0 Å². The third kappa shape index (κ3) is 3.33. The highest BCUT2D eigenvalue weighted by atomic mass is 16.5. The van der Waals surface area contributed by atoms with Crippen LogP contribution in [0.25, 0.3) is 0 Å². The van der Waals surface area contributed by atoms with Gasteiger partial charge in [0.25, 0.3) is 0 Å². The van der Waals surface area contributed by atoms with E-state index < -0.39 is 0 Å². The predicted octanol–water partition coefficient (Wildman–Crippen LogP) is 2.50. The standard InChI is InChI=1S/C13H19NO/c14-9-8-13(15-10-11-6-7-11)12-4-2-1-3-5-12/h1-5,11,13H,6-10,14H2. The fraction of sp³-hybridized carbons (Fsp3) is 0.538. The molecule has 0 aromatic heterocycles. The Morgan fingerprint density at radius 1 is 1.27 bits per heavy atom. The highest BCUT2D eigenvalue weighted by molar-refractivity contribution is 5.17. The Morgan fingerprint density at radius 2 is 2.00 bits per heavy atom. The molecule has 2 nitrogen and oxygen atoms in total. The molecule has 0 heterocycles. The maximum absolute atomic E-state index is 5.91. The summed E-state index contributed by atoms with van der Waals surface area (Å²) in [6.07, 6.45) is 3.78. The summed E-state index contributed by atoms with van der Waals surface area (Å²) in [4.78, 5) is 0. The number of benzene rings is 1. The van der Waals surface area contributed by atoms with Gasteiger partial charge in [-0.15, -0.1) is 0 Å². The van der Waals surface area contributed by atoms with Gasteiger partial charge in [0.1, 0.15) is 0 Å². The summed E-state index contributed by atoms with van der Waals surface area (Å²) < 4.78 is 5.91. The fourth-order valence-electron chi connectivity index (χ4n) is 1.70. The number of hydrogen-bond acceptors (Lipinski definition) is 2. The minimum atomic E-state index is 0.191. The van der Waals surface area contributed by atoms with Gasteiger partial charge in [0.05, 0.1) is 12.7 Å². The van der Waals surface area contributed by atoms with Crippen molar-refractivity contribution in [3.8, 4) is 0 Å². The van der Waals surface area contributed by atoms with E-state index in [0.717, 1.165) is 18.9 Å². The van der Waals surface area contributed by atoms with Crippen LogP contribution in [0.3, 0.4) is 0 Å². The molecule has 1 fully saturated rings. The molecular weight excluding hydrogens is 186 g/mol. The van der Waals surface area contributed by atoms with E-state index in [2.05, 4.69) is 24.3 Å². The Kier molecular flexibility index (Phi) is 3.75. The lowest BCUT2D eigenvalue weighted by molar-refractivity contribution is 0.0410. The van der Waals surface area contributed by atoms with Crippen molar-refractivity contribution in [3.63, 3.8) is 0 Å². The van der Waals surface area contributed by atoms with Crippen LogP contribution < -0.4 is 5.73 Å². The van der Waals surface area contributed by atoms with Crippen LogP contribution in [-0.2, 0) is 4.74 Å². The second-order valence-electron chi connectivity index (χ2n) is 4.25. The number of ether oxygens (including phenoxy) is 1. The lowest BCUT2D eigenvalue weighted by Gasteiger charge is -2.17. The molecule has 2 N–H and O–H groups in total. The van der Waals surface area contributed by atoms with Crippen LogP contribution in [0.15, 0.2) is 30.3 Å². The molecule has 1 saturated carbocycles. The zero-order chi connectivity index (χ0) is 10.5. The first-order valence-electron chi connectivity index (χ1n) is 5.76. The predicted molar refractivity (Wildman–Crippen MR) is 61.5 cm³/mol. The van der Waals surface area contributed by atoms with E-state index in [-0.39, 0.29) is 6.10 Å². The van der Waals surface area contributed by atoms with Crippen molar-refractivity contribution in [2.45, 2.75) is 25.4 Å². The Morgan fingerprint density at radius 3 is 2.60 bits per heavy atom. The smallest absolute Gasteiger partial charge is 0.0837 e. The highest BCUT2D eigenvalue weighted by Gasteiger charge is 2.23. The Hall–Kier alpha value is -0.860. The summed E-state index contributed by atoms with van der Waals surface area (Å²) in [5.74, 6) is 0.814. The summed E-state index contributed by atoms with van der Waals surface area (Å²) in [6, 6.07) is 10.4. The van der Waals surface area contributed by atoms with Crippen molar-refractivity contribution >= 4 is 0 Å². The molecule has 0 aliphatic heterocycles. The molecule has 82 valence electrons. The van der Waals surface area contributed by atoms with Crippen LogP contribution in [0, 0.1) is 5.92 Å². The summed E-state index contributed by atoms with van der Waals surface area (Å²) in [5, 5.41) is 0. The van der Waals surface area contributed by atoms with Crippen molar-refractivity contribution in [1.82, 2.24) is 0 Å². The first-order chi connectivity index (χ1) is 7.40. The average Bonchev–Trinajstić information content (AvgIpc) is 3.09. The Labute approximate surface area is 91.4 Å². The zero-order valence-electron chi connectivity index (χ0n) is 9.06. The molecule has 0 saturated heterocycles. The lowest BCUT2D eigenvalue weighted by atomic mass is 10.1. The number of nitrogens with two attached hydrogens (primary N) is 1. The maximum Gasteiger partial charge on any atom is 0.0837 e. The van der Waals surface area contributed by atoms with Gasteiger partial charge in [-0.3, -0.25) is 0 Å². The molecule has 0 spiro atoms. The van der Waals surface area contributed by atoms with Crippen LogP contribution in [0.2, 0.25) is 0 Å². The summed E-state index contributed by atoms with van der Waals surface area (Å²) in [5.41, 5.74) is 6.86. The quantitative estimate of drug-likeness (QED) is 0.774. The van der Waals surface area contributed by atoms with Gasteiger partial charge in [0.15, 0.2) is 0 Å². The molecule has 1 aliphatic carbocycles. The topological polar surface area (TPSA) is 35.2 Å². The van der Waals surface area contributed by atoms with Gasteiger partial charge in [-0.2, -0.15) is 0 Å². The van der Waals surface area contributed by atoms with Crippen LogP contribution in [-0.4, -0.2) is 13.2 Å². The molecule has 2 rings (SSSR count). The van der Waals surface area contributed by atoms with E-state index in [0.29, 0.717) is 6.54 Å². The molecule has 1 aliphatic rings. The molecule has 1 aromatic carbocycles. The molecular formula is C13H19NO. The molecule has 1 atom stereocenters. The number of rotatable bonds is 6. The molecule has 1 unspecified atom stereocenters. The van der Waals surface area contributed by atoms with Crippen LogP contribution in [0.4, 0.5) is 0 Å². The SMILES string of the molecule is NCCC(OCC1CC1)c1ccccc1.